The number of nitro benzene ring substituents is 1. The summed E-state index contributed by atoms with van der Waals surface area (Å²) >= 11 is 0. The smallest absolute Gasteiger partial charge is 0.404 e. The predicted octanol–water partition coefficient (Wildman–Crippen LogP) is 0.822. The second kappa shape index (κ2) is 7.23. The summed E-state index contributed by atoms with van der Waals surface area (Å²) in [5.74, 6) is 0. The molecule has 0 aliphatic heterocycles. The van der Waals surface area contributed by atoms with Crippen LogP contribution in [0.3, 0.4) is 0 Å². The van der Waals surface area contributed by atoms with Gasteiger partial charge in [0.2, 0.25) is 0 Å². The Hall–Kier alpha value is -2.15. The van der Waals surface area contributed by atoms with Gasteiger partial charge in [0.15, 0.2) is 0 Å². The number of para-hydroxylation sites is 1. The first-order chi connectivity index (χ1) is 8.61. The van der Waals surface area contributed by atoms with Crippen molar-refractivity contribution >= 4 is 11.8 Å². The zero-order chi connectivity index (χ0) is 13.4. The summed E-state index contributed by atoms with van der Waals surface area (Å²) in [6.45, 7) is 1.21. The molecule has 0 saturated carbocycles. The fourth-order valence-electron chi connectivity index (χ4n) is 1.47. The molecule has 0 unspecified atom stereocenters. The Morgan fingerprint density at radius 1 is 1.39 bits per heavy atom. The minimum atomic E-state index is -0.810. The van der Waals surface area contributed by atoms with Crippen molar-refractivity contribution in [3.63, 3.8) is 0 Å². The van der Waals surface area contributed by atoms with Gasteiger partial charge >= 0.3 is 6.09 Å². The Morgan fingerprint density at radius 3 is 2.78 bits per heavy atom. The van der Waals surface area contributed by atoms with Gasteiger partial charge in [0.1, 0.15) is 6.61 Å². The van der Waals surface area contributed by atoms with Gasteiger partial charge in [0, 0.05) is 18.2 Å². The Morgan fingerprint density at radius 2 is 2.11 bits per heavy atom. The van der Waals surface area contributed by atoms with Crippen LogP contribution in [-0.4, -0.2) is 30.7 Å². The molecule has 0 saturated heterocycles. The van der Waals surface area contributed by atoms with E-state index in [1.54, 1.807) is 18.2 Å². The topological polar surface area (TPSA) is 107 Å². The van der Waals surface area contributed by atoms with Crippen LogP contribution in [0.5, 0.6) is 0 Å². The molecular formula is C11H15N3O4. The van der Waals surface area contributed by atoms with Crippen LogP contribution >= 0.6 is 0 Å². The number of hydrogen-bond acceptors (Lipinski definition) is 5. The van der Waals surface area contributed by atoms with Crippen LogP contribution in [0.2, 0.25) is 0 Å². The van der Waals surface area contributed by atoms with Crippen molar-refractivity contribution in [1.82, 2.24) is 5.32 Å². The number of carbonyl (C=O) groups is 1. The molecule has 0 radical (unpaired) electrons. The third kappa shape index (κ3) is 4.79. The van der Waals surface area contributed by atoms with E-state index in [9.17, 15) is 14.9 Å². The van der Waals surface area contributed by atoms with Crippen molar-refractivity contribution in [2.75, 3.05) is 19.7 Å². The number of carbonyl (C=O) groups excluding carboxylic acids is 1. The average molecular weight is 253 g/mol. The van der Waals surface area contributed by atoms with Gasteiger partial charge in [0.05, 0.1) is 4.92 Å². The summed E-state index contributed by atoms with van der Waals surface area (Å²) in [4.78, 5) is 20.6. The minimum Gasteiger partial charge on any atom is -0.448 e. The first-order valence-electron chi connectivity index (χ1n) is 5.46. The van der Waals surface area contributed by atoms with Gasteiger partial charge < -0.3 is 15.8 Å². The number of ether oxygens (including phenoxy) is 1. The van der Waals surface area contributed by atoms with E-state index < -0.39 is 11.0 Å². The van der Waals surface area contributed by atoms with E-state index in [2.05, 4.69) is 10.1 Å². The van der Waals surface area contributed by atoms with Gasteiger partial charge in [-0.2, -0.15) is 0 Å². The van der Waals surface area contributed by atoms with E-state index in [1.165, 1.54) is 6.07 Å². The molecule has 0 bridgehead atoms. The van der Waals surface area contributed by atoms with E-state index in [0.29, 0.717) is 25.1 Å². The Kier molecular flexibility index (Phi) is 5.59. The van der Waals surface area contributed by atoms with Crippen LogP contribution in [-0.2, 0) is 11.2 Å². The van der Waals surface area contributed by atoms with Gasteiger partial charge in [0.25, 0.3) is 5.69 Å². The highest BCUT2D eigenvalue weighted by molar-refractivity contribution is 5.64. The molecule has 0 atom stereocenters. The second-order valence-electron chi connectivity index (χ2n) is 3.55. The molecule has 7 nitrogen and oxygen atoms in total. The van der Waals surface area contributed by atoms with Crippen molar-refractivity contribution in [3.05, 3.63) is 39.9 Å². The van der Waals surface area contributed by atoms with E-state index in [4.69, 9.17) is 5.73 Å². The standard InChI is InChI=1S/C11H15N3O4/c12-11(15)18-8-7-13-6-5-9-3-1-2-4-10(9)14(16)17/h1-4,13H,5-8H2,(H2,12,15). The van der Waals surface area contributed by atoms with Gasteiger partial charge in [-0.3, -0.25) is 10.1 Å². The largest absolute Gasteiger partial charge is 0.448 e. The number of benzene rings is 1. The summed E-state index contributed by atoms with van der Waals surface area (Å²) in [6.07, 6.45) is -0.274. The van der Waals surface area contributed by atoms with E-state index in [-0.39, 0.29) is 12.3 Å². The minimum absolute atomic E-state index is 0.118. The van der Waals surface area contributed by atoms with Crippen molar-refractivity contribution in [2.45, 2.75) is 6.42 Å². The molecule has 0 heterocycles. The van der Waals surface area contributed by atoms with Gasteiger partial charge in [-0.05, 0) is 13.0 Å². The summed E-state index contributed by atoms with van der Waals surface area (Å²) in [6, 6.07) is 6.60. The van der Waals surface area contributed by atoms with Crippen LogP contribution in [0, 0.1) is 10.1 Å². The molecule has 1 aromatic carbocycles. The molecule has 18 heavy (non-hydrogen) atoms. The highest BCUT2D eigenvalue weighted by atomic mass is 16.6. The van der Waals surface area contributed by atoms with Crippen molar-refractivity contribution in [2.24, 2.45) is 5.73 Å². The van der Waals surface area contributed by atoms with Crippen LogP contribution < -0.4 is 11.1 Å². The Bertz CT molecular complexity index is 423. The van der Waals surface area contributed by atoms with Crippen molar-refractivity contribution in [1.29, 1.82) is 0 Å². The number of rotatable bonds is 7. The number of nitrogens with one attached hydrogen (secondary N) is 1. The van der Waals surface area contributed by atoms with E-state index in [1.807, 2.05) is 0 Å². The monoisotopic (exact) mass is 253 g/mol. The molecule has 1 amide bonds. The molecule has 0 fully saturated rings. The molecule has 1 rings (SSSR count). The predicted molar refractivity (Wildman–Crippen MR) is 65.2 cm³/mol. The number of nitrogens with zero attached hydrogens (tertiary/aromatic N) is 1. The van der Waals surface area contributed by atoms with Crippen molar-refractivity contribution in [3.8, 4) is 0 Å². The van der Waals surface area contributed by atoms with Crippen molar-refractivity contribution < 1.29 is 14.5 Å². The molecule has 1 aromatic rings. The molecule has 98 valence electrons. The quantitative estimate of drug-likeness (QED) is 0.425. The summed E-state index contributed by atoms with van der Waals surface area (Å²) in [5.41, 5.74) is 5.58. The molecule has 0 spiro atoms. The van der Waals surface area contributed by atoms with Gasteiger partial charge in [-0.1, -0.05) is 18.2 Å². The number of primary amides is 1. The highest BCUT2D eigenvalue weighted by Crippen LogP contribution is 2.17. The molecule has 0 aromatic heterocycles. The average Bonchev–Trinajstić information content (AvgIpc) is 2.33. The third-order valence-electron chi connectivity index (χ3n) is 2.28. The van der Waals surface area contributed by atoms with E-state index >= 15 is 0 Å². The molecular weight excluding hydrogens is 238 g/mol. The van der Waals surface area contributed by atoms with Crippen LogP contribution in [0.15, 0.2) is 24.3 Å². The number of nitrogens with two attached hydrogens (primary N) is 1. The number of nitro groups is 1. The maximum atomic E-state index is 10.7. The first kappa shape index (κ1) is 13.9. The lowest BCUT2D eigenvalue weighted by atomic mass is 10.1. The lowest BCUT2D eigenvalue weighted by Crippen LogP contribution is -2.25. The van der Waals surface area contributed by atoms with Gasteiger partial charge in [-0.15, -0.1) is 0 Å². The molecule has 7 heteroatoms. The SMILES string of the molecule is NC(=O)OCCNCCc1ccccc1[N+](=O)[O-]. The summed E-state index contributed by atoms with van der Waals surface area (Å²) in [7, 11) is 0. The molecule has 0 aliphatic carbocycles. The first-order valence-corrected chi connectivity index (χ1v) is 5.46. The van der Waals surface area contributed by atoms with Crippen LogP contribution in [0.25, 0.3) is 0 Å². The lowest BCUT2D eigenvalue weighted by molar-refractivity contribution is -0.385. The van der Waals surface area contributed by atoms with Crippen LogP contribution in [0.4, 0.5) is 10.5 Å². The number of amides is 1. The maximum absolute atomic E-state index is 10.7. The molecule has 3 N–H and O–H groups in total. The zero-order valence-corrected chi connectivity index (χ0v) is 9.80. The van der Waals surface area contributed by atoms with Gasteiger partial charge in [-0.25, -0.2) is 4.79 Å². The molecule has 0 aliphatic rings. The van der Waals surface area contributed by atoms with Crippen LogP contribution in [0.1, 0.15) is 5.56 Å². The Labute approximate surface area is 104 Å². The second-order valence-corrected chi connectivity index (χ2v) is 3.55. The fraction of sp³-hybridized carbons (Fsp3) is 0.364. The van der Waals surface area contributed by atoms with E-state index in [0.717, 1.165) is 0 Å². The Balaban J connectivity index is 2.31. The maximum Gasteiger partial charge on any atom is 0.404 e. The summed E-state index contributed by atoms with van der Waals surface area (Å²) < 4.78 is 4.52. The fourth-order valence-corrected chi connectivity index (χ4v) is 1.47. The highest BCUT2D eigenvalue weighted by Gasteiger charge is 2.11. The zero-order valence-electron chi connectivity index (χ0n) is 9.80. The summed E-state index contributed by atoms with van der Waals surface area (Å²) in [5, 5.41) is 13.7. The normalized spacial score (nSPS) is 10.0. The third-order valence-corrected chi connectivity index (χ3v) is 2.28. The number of hydrogen-bond donors (Lipinski definition) is 2. The lowest BCUT2D eigenvalue weighted by Gasteiger charge is -2.05.